The molecule has 0 aliphatic heterocycles. The summed E-state index contributed by atoms with van der Waals surface area (Å²) in [7, 11) is 0. The second-order valence-corrected chi connectivity index (χ2v) is 5.61. The molecule has 0 spiro atoms. The maximum absolute atomic E-state index is 5.86. The van der Waals surface area contributed by atoms with E-state index in [0.29, 0.717) is 23.9 Å². The second kappa shape index (κ2) is 7.26. The molecule has 0 aliphatic rings. The number of nitrogens with zero attached hydrogens (tertiary/aromatic N) is 5. The maximum Gasteiger partial charge on any atom is 0.232 e. The predicted octanol–water partition coefficient (Wildman–Crippen LogP) is 2.17. The predicted molar refractivity (Wildman–Crippen MR) is 85.1 cm³/mol. The van der Waals surface area contributed by atoms with Crippen molar-refractivity contribution in [2.75, 3.05) is 35.2 Å². The number of anilines is 3. The average molecular weight is 280 g/mol. The van der Waals surface area contributed by atoms with Crippen LogP contribution in [0.2, 0.25) is 0 Å². The Kier molecular flexibility index (Phi) is 5.98. The highest BCUT2D eigenvalue weighted by Crippen LogP contribution is 2.18. The van der Waals surface area contributed by atoms with E-state index < -0.39 is 0 Å². The molecule has 20 heavy (non-hydrogen) atoms. The van der Waals surface area contributed by atoms with Crippen LogP contribution in [0.25, 0.3) is 0 Å². The molecule has 0 fully saturated rings. The van der Waals surface area contributed by atoms with Crippen LogP contribution in [0.5, 0.6) is 0 Å². The van der Waals surface area contributed by atoms with Gasteiger partial charge in [0, 0.05) is 25.7 Å². The first-order chi connectivity index (χ1) is 9.38. The zero-order valence-electron chi connectivity index (χ0n) is 13.6. The van der Waals surface area contributed by atoms with Gasteiger partial charge in [-0.2, -0.15) is 15.0 Å². The third-order valence-electron chi connectivity index (χ3n) is 3.12. The Balaban J connectivity index is 3.15. The lowest BCUT2D eigenvalue weighted by Crippen LogP contribution is -2.36. The van der Waals surface area contributed by atoms with Crippen molar-refractivity contribution in [1.29, 1.82) is 0 Å². The van der Waals surface area contributed by atoms with E-state index in [-0.39, 0.29) is 5.95 Å². The van der Waals surface area contributed by atoms with Gasteiger partial charge in [0.25, 0.3) is 0 Å². The van der Waals surface area contributed by atoms with E-state index in [2.05, 4.69) is 66.3 Å². The molecule has 0 unspecified atom stereocenters. The van der Waals surface area contributed by atoms with Gasteiger partial charge in [-0.25, -0.2) is 0 Å². The van der Waals surface area contributed by atoms with E-state index in [0.717, 1.165) is 19.6 Å². The van der Waals surface area contributed by atoms with Crippen molar-refractivity contribution in [1.82, 2.24) is 15.0 Å². The van der Waals surface area contributed by atoms with Crippen molar-refractivity contribution in [2.45, 2.75) is 47.6 Å². The molecular formula is C14H28N6. The quantitative estimate of drug-likeness (QED) is 0.825. The summed E-state index contributed by atoms with van der Waals surface area (Å²) in [6.07, 6.45) is 0. The van der Waals surface area contributed by atoms with E-state index >= 15 is 0 Å². The molecule has 0 atom stereocenters. The van der Waals surface area contributed by atoms with Gasteiger partial charge in [0.2, 0.25) is 17.8 Å². The lowest BCUT2D eigenvalue weighted by molar-refractivity contribution is 0.559. The van der Waals surface area contributed by atoms with Gasteiger partial charge in [0.1, 0.15) is 0 Å². The van der Waals surface area contributed by atoms with Gasteiger partial charge < -0.3 is 15.5 Å². The fraction of sp³-hybridized carbons (Fsp3) is 0.786. The zero-order valence-corrected chi connectivity index (χ0v) is 13.6. The Morgan fingerprint density at radius 1 is 0.950 bits per heavy atom. The lowest BCUT2D eigenvalue weighted by atomic mass is 10.2. The number of rotatable bonds is 7. The van der Waals surface area contributed by atoms with Gasteiger partial charge in [-0.3, -0.25) is 0 Å². The van der Waals surface area contributed by atoms with Gasteiger partial charge in [-0.05, 0) is 33.6 Å². The summed E-state index contributed by atoms with van der Waals surface area (Å²) >= 11 is 0. The molecule has 0 aromatic carbocycles. The molecule has 114 valence electrons. The molecule has 0 amide bonds. The minimum Gasteiger partial charge on any atom is -0.368 e. The topological polar surface area (TPSA) is 71.2 Å². The maximum atomic E-state index is 5.86. The van der Waals surface area contributed by atoms with Crippen LogP contribution in [0.15, 0.2) is 0 Å². The van der Waals surface area contributed by atoms with Crippen molar-refractivity contribution in [3.05, 3.63) is 0 Å². The van der Waals surface area contributed by atoms with E-state index in [9.17, 15) is 0 Å². The van der Waals surface area contributed by atoms with Crippen molar-refractivity contribution in [3.8, 4) is 0 Å². The molecule has 0 radical (unpaired) electrons. The molecule has 1 heterocycles. The highest BCUT2D eigenvalue weighted by Gasteiger charge is 2.18. The molecule has 2 N–H and O–H groups in total. The summed E-state index contributed by atoms with van der Waals surface area (Å²) in [4.78, 5) is 17.4. The fourth-order valence-corrected chi connectivity index (χ4v) is 2.06. The highest BCUT2D eigenvalue weighted by atomic mass is 15.4. The summed E-state index contributed by atoms with van der Waals surface area (Å²) < 4.78 is 0. The van der Waals surface area contributed by atoms with E-state index in [1.54, 1.807) is 0 Å². The van der Waals surface area contributed by atoms with Gasteiger partial charge >= 0.3 is 0 Å². The Bertz CT molecular complexity index is 414. The molecular weight excluding hydrogens is 252 g/mol. The summed E-state index contributed by atoms with van der Waals surface area (Å²) in [5.74, 6) is 2.15. The smallest absolute Gasteiger partial charge is 0.232 e. The SMILES string of the molecule is CCN(CC)c1nc(N)nc(N(CC(C)C)C(C)C)n1. The van der Waals surface area contributed by atoms with Gasteiger partial charge in [-0.1, -0.05) is 13.8 Å². The number of hydrogen-bond acceptors (Lipinski definition) is 6. The molecule has 0 saturated heterocycles. The minimum absolute atomic E-state index is 0.284. The first-order valence-electron chi connectivity index (χ1n) is 7.42. The molecule has 0 bridgehead atoms. The highest BCUT2D eigenvalue weighted by molar-refractivity contribution is 5.44. The molecule has 6 heteroatoms. The summed E-state index contributed by atoms with van der Waals surface area (Å²) in [6, 6.07) is 0.323. The monoisotopic (exact) mass is 280 g/mol. The Hall–Kier alpha value is -1.59. The summed E-state index contributed by atoms with van der Waals surface area (Å²) in [5, 5.41) is 0. The molecule has 1 aromatic rings. The fourth-order valence-electron chi connectivity index (χ4n) is 2.06. The van der Waals surface area contributed by atoms with Crippen molar-refractivity contribution < 1.29 is 0 Å². The van der Waals surface area contributed by atoms with Crippen molar-refractivity contribution in [2.24, 2.45) is 5.92 Å². The number of aromatic nitrogens is 3. The minimum atomic E-state index is 0.284. The number of nitrogen functional groups attached to an aromatic ring is 1. The third kappa shape index (κ3) is 4.21. The largest absolute Gasteiger partial charge is 0.368 e. The molecule has 1 aromatic heterocycles. The van der Waals surface area contributed by atoms with Gasteiger partial charge in [-0.15, -0.1) is 0 Å². The van der Waals surface area contributed by atoms with Crippen molar-refractivity contribution in [3.63, 3.8) is 0 Å². The Morgan fingerprint density at radius 2 is 1.50 bits per heavy atom. The molecule has 0 saturated carbocycles. The van der Waals surface area contributed by atoms with Gasteiger partial charge in [0.15, 0.2) is 0 Å². The Morgan fingerprint density at radius 3 is 1.95 bits per heavy atom. The van der Waals surface area contributed by atoms with Crippen LogP contribution in [-0.2, 0) is 0 Å². The van der Waals surface area contributed by atoms with Crippen LogP contribution in [0.4, 0.5) is 17.8 Å². The summed E-state index contributed by atoms with van der Waals surface area (Å²) in [6.45, 7) is 15.4. The number of nitrogens with two attached hydrogens (primary N) is 1. The first kappa shape index (κ1) is 16.5. The normalized spacial score (nSPS) is 11.2. The lowest BCUT2D eigenvalue weighted by Gasteiger charge is -2.29. The first-order valence-corrected chi connectivity index (χ1v) is 7.42. The third-order valence-corrected chi connectivity index (χ3v) is 3.12. The van der Waals surface area contributed by atoms with Crippen molar-refractivity contribution >= 4 is 17.8 Å². The molecule has 1 rings (SSSR count). The van der Waals surface area contributed by atoms with Crippen LogP contribution in [0, 0.1) is 5.92 Å². The second-order valence-electron chi connectivity index (χ2n) is 5.61. The number of hydrogen-bond donors (Lipinski definition) is 1. The van der Waals surface area contributed by atoms with E-state index in [4.69, 9.17) is 5.73 Å². The van der Waals surface area contributed by atoms with E-state index in [1.165, 1.54) is 0 Å². The Labute approximate surface area is 122 Å². The zero-order chi connectivity index (χ0) is 15.3. The van der Waals surface area contributed by atoms with Crippen LogP contribution in [-0.4, -0.2) is 40.6 Å². The van der Waals surface area contributed by atoms with Gasteiger partial charge in [0.05, 0.1) is 0 Å². The van der Waals surface area contributed by atoms with Crippen LogP contribution in [0.3, 0.4) is 0 Å². The van der Waals surface area contributed by atoms with E-state index in [1.807, 2.05) is 0 Å². The standard InChI is InChI=1S/C14H28N6/c1-7-19(8-2)13-16-12(15)17-14(18-13)20(11(5)6)9-10(3)4/h10-11H,7-9H2,1-6H3,(H2,15,16,17,18). The van der Waals surface area contributed by atoms with Crippen LogP contribution in [0.1, 0.15) is 41.5 Å². The van der Waals surface area contributed by atoms with Crippen LogP contribution < -0.4 is 15.5 Å². The molecule has 0 aliphatic carbocycles. The average Bonchev–Trinajstić information content (AvgIpc) is 2.36. The van der Waals surface area contributed by atoms with Crippen LogP contribution >= 0.6 is 0 Å². The molecule has 6 nitrogen and oxygen atoms in total. The summed E-state index contributed by atoms with van der Waals surface area (Å²) in [5.41, 5.74) is 5.86.